The van der Waals surface area contributed by atoms with Gasteiger partial charge in [-0.15, -0.1) is 0 Å². The number of piperidine rings is 1. The maximum atomic E-state index is 12.2. The Labute approximate surface area is 118 Å². The van der Waals surface area contributed by atoms with E-state index in [2.05, 4.69) is 11.8 Å². The van der Waals surface area contributed by atoms with Crippen LogP contribution in [-0.4, -0.2) is 49.5 Å². The van der Waals surface area contributed by atoms with Crippen LogP contribution in [-0.2, 0) is 9.84 Å². The largest absolute Gasteiger partial charge is 0.329 e. The molecule has 4 nitrogen and oxygen atoms in total. The lowest BCUT2D eigenvalue weighted by Gasteiger charge is -2.39. The van der Waals surface area contributed by atoms with E-state index < -0.39 is 14.6 Å². The van der Waals surface area contributed by atoms with Crippen molar-refractivity contribution >= 4 is 9.84 Å². The second kappa shape index (κ2) is 6.55. The minimum absolute atomic E-state index is 0.240. The molecule has 0 aromatic heterocycles. The van der Waals surface area contributed by atoms with Crippen molar-refractivity contribution in [3.63, 3.8) is 0 Å². The monoisotopic (exact) mass is 290 g/mol. The molecule has 0 aliphatic carbocycles. The summed E-state index contributed by atoms with van der Waals surface area (Å²) in [6, 6.07) is 0.355. The maximum Gasteiger partial charge on any atom is 0.156 e. The lowest BCUT2D eigenvalue weighted by atomic mass is 9.89. The van der Waals surface area contributed by atoms with Crippen LogP contribution >= 0.6 is 0 Å². The van der Waals surface area contributed by atoms with E-state index in [9.17, 15) is 8.42 Å². The summed E-state index contributed by atoms with van der Waals surface area (Å²) in [5, 5.41) is 0. The molecule has 5 heteroatoms. The highest BCUT2D eigenvalue weighted by Gasteiger charge is 2.32. The van der Waals surface area contributed by atoms with Crippen molar-refractivity contribution in [2.75, 3.05) is 25.4 Å². The summed E-state index contributed by atoms with van der Waals surface area (Å²) in [6.07, 6.45) is 3.48. The SMILES string of the molecule is CCC1CCN(CCS(=O)(=O)C(C)(C)C)C(CN)C1. The van der Waals surface area contributed by atoms with Gasteiger partial charge in [-0.3, -0.25) is 4.90 Å². The molecule has 0 aromatic rings. The molecule has 0 aromatic carbocycles. The zero-order valence-corrected chi connectivity index (χ0v) is 13.7. The molecule has 1 aliphatic heterocycles. The Kier molecular flexibility index (Phi) is 5.83. The lowest BCUT2D eigenvalue weighted by Crippen LogP contribution is -2.49. The molecule has 1 rings (SSSR count). The summed E-state index contributed by atoms with van der Waals surface area (Å²) >= 11 is 0. The van der Waals surface area contributed by atoms with Crippen molar-refractivity contribution in [3.8, 4) is 0 Å². The molecule has 0 amide bonds. The fraction of sp³-hybridized carbons (Fsp3) is 1.00. The third-order valence-electron chi connectivity index (χ3n) is 4.38. The van der Waals surface area contributed by atoms with Crippen molar-refractivity contribution in [3.05, 3.63) is 0 Å². The fourth-order valence-corrected chi connectivity index (χ4v) is 3.72. The van der Waals surface area contributed by atoms with Crippen molar-refractivity contribution < 1.29 is 8.42 Å². The highest BCUT2D eigenvalue weighted by atomic mass is 32.2. The Morgan fingerprint density at radius 1 is 1.32 bits per heavy atom. The zero-order valence-electron chi connectivity index (χ0n) is 12.9. The van der Waals surface area contributed by atoms with Crippen molar-refractivity contribution in [2.45, 2.75) is 57.7 Å². The van der Waals surface area contributed by atoms with Gasteiger partial charge in [-0.25, -0.2) is 8.42 Å². The molecule has 114 valence electrons. The zero-order chi connectivity index (χ0) is 14.7. The molecule has 0 radical (unpaired) electrons. The summed E-state index contributed by atoms with van der Waals surface area (Å²) in [5.41, 5.74) is 5.84. The van der Waals surface area contributed by atoms with Gasteiger partial charge in [0.15, 0.2) is 9.84 Å². The Morgan fingerprint density at radius 2 is 1.95 bits per heavy atom. The number of rotatable bonds is 5. The highest BCUT2D eigenvalue weighted by Crippen LogP contribution is 2.25. The van der Waals surface area contributed by atoms with Crippen LogP contribution in [0, 0.1) is 5.92 Å². The van der Waals surface area contributed by atoms with E-state index in [4.69, 9.17) is 5.73 Å². The van der Waals surface area contributed by atoms with E-state index in [-0.39, 0.29) is 5.75 Å². The first-order valence-corrected chi connectivity index (χ1v) is 9.03. The quantitative estimate of drug-likeness (QED) is 0.836. The molecule has 2 unspecified atom stereocenters. The topological polar surface area (TPSA) is 63.4 Å². The summed E-state index contributed by atoms with van der Waals surface area (Å²) in [5.74, 6) is 0.994. The van der Waals surface area contributed by atoms with Gasteiger partial charge in [0.2, 0.25) is 0 Å². The number of sulfone groups is 1. The maximum absolute atomic E-state index is 12.2. The van der Waals surface area contributed by atoms with E-state index >= 15 is 0 Å². The van der Waals surface area contributed by atoms with E-state index in [1.165, 1.54) is 12.8 Å². The fourth-order valence-electron chi connectivity index (χ4n) is 2.64. The third kappa shape index (κ3) is 4.43. The van der Waals surface area contributed by atoms with Gasteiger partial charge in [-0.2, -0.15) is 0 Å². The van der Waals surface area contributed by atoms with Crippen molar-refractivity contribution in [1.29, 1.82) is 0 Å². The molecule has 1 aliphatic rings. The normalized spacial score (nSPS) is 26.6. The number of likely N-dealkylation sites (tertiary alicyclic amines) is 1. The van der Waals surface area contributed by atoms with Crippen LogP contribution in [0.2, 0.25) is 0 Å². The van der Waals surface area contributed by atoms with Gasteiger partial charge in [0, 0.05) is 19.1 Å². The van der Waals surface area contributed by atoms with Crippen LogP contribution in [0.25, 0.3) is 0 Å². The molecule has 1 fully saturated rings. The third-order valence-corrected chi connectivity index (χ3v) is 6.96. The van der Waals surface area contributed by atoms with Gasteiger partial charge in [0.1, 0.15) is 0 Å². The van der Waals surface area contributed by atoms with E-state index in [0.29, 0.717) is 19.1 Å². The van der Waals surface area contributed by atoms with Crippen molar-refractivity contribution in [2.24, 2.45) is 11.7 Å². The first-order chi connectivity index (χ1) is 8.71. The second-order valence-electron chi connectivity index (χ2n) is 6.66. The molecule has 2 N–H and O–H groups in total. The molecule has 0 spiro atoms. The smallest absolute Gasteiger partial charge is 0.156 e. The van der Waals surface area contributed by atoms with Gasteiger partial charge in [-0.1, -0.05) is 13.3 Å². The molecular weight excluding hydrogens is 260 g/mol. The predicted octanol–water partition coefficient (Wildman–Crippen LogP) is 1.65. The number of nitrogens with two attached hydrogens (primary N) is 1. The van der Waals surface area contributed by atoms with Gasteiger partial charge >= 0.3 is 0 Å². The number of hydrogen-bond donors (Lipinski definition) is 1. The summed E-state index contributed by atoms with van der Waals surface area (Å²) < 4.78 is 23.6. The summed E-state index contributed by atoms with van der Waals surface area (Å²) in [7, 11) is -3.03. The summed E-state index contributed by atoms with van der Waals surface area (Å²) in [4.78, 5) is 2.27. The van der Waals surface area contributed by atoms with Gasteiger partial charge in [-0.05, 0) is 46.1 Å². The van der Waals surface area contributed by atoms with E-state index in [1.807, 2.05) is 0 Å². The summed E-state index contributed by atoms with van der Waals surface area (Å²) in [6.45, 7) is 9.77. The van der Waals surface area contributed by atoms with Crippen LogP contribution in [0.5, 0.6) is 0 Å². The number of hydrogen-bond acceptors (Lipinski definition) is 4. The average Bonchev–Trinajstić information content (AvgIpc) is 2.34. The first-order valence-electron chi connectivity index (χ1n) is 7.37. The van der Waals surface area contributed by atoms with Crippen LogP contribution in [0.15, 0.2) is 0 Å². The number of nitrogens with zero attached hydrogens (tertiary/aromatic N) is 1. The van der Waals surface area contributed by atoms with Gasteiger partial charge in [0.05, 0.1) is 10.5 Å². The second-order valence-corrected chi connectivity index (χ2v) is 9.52. The van der Waals surface area contributed by atoms with Crippen LogP contribution in [0.1, 0.15) is 47.0 Å². The molecular formula is C14H30N2O2S. The van der Waals surface area contributed by atoms with Crippen LogP contribution in [0.4, 0.5) is 0 Å². The minimum Gasteiger partial charge on any atom is -0.329 e. The van der Waals surface area contributed by atoms with Crippen LogP contribution < -0.4 is 5.73 Å². The minimum atomic E-state index is -3.03. The highest BCUT2D eigenvalue weighted by molar-refractivity contribution is 7.92. The Hall–Kier alpha value is -0.130. The molecule has 0 bridgehead atoms. The van der Waals surface area contributed by atoms with Crippen molar-refractivity contribution in [1.82, 2.24) is 4.90 Å². The molecule has 19 heavy (non-hydrogen) atoms. The van der Waals surface area contributed by atoms with Gasteiger partial charge in [0.25, 0.3) is 0 Å². The van der Waals surface area contributed by atoms with E-state index in [1.54, 1.807) is 20.8 Å². The standard InChI is InChI=1S/C14H30N2O2S/c1-5-12-6-7-16(13(10-12)11-15)8-9-19(17,18)14(2,3)4/h12-13H,5-11,15H2,1-4H3. The Bertz CT molecular complexity index is 373. The average molecular weight is 290 g/mol. The predicted molar refractivity (Wildman–Crippen MR) is 81.0 cm³/mol. The Balaban J connectivity index is 2.58. The Morgan fingerprint density at radius 3 is 2.42 bits per heavy atom. The molecule has 0 saturated carbocycles. The van der Waals surface area contributed by atoms with E-state index in [0.717, 1.165) is 18.9 Å². The molecule has 1 saturated heterocycles. The lowest BCUT2D eigenvalue weighted by molar-refractivity contribution is 0.121. The molecule has 2 atom stereocenters. The molecule has 1 heterocycles. The van der Waals surface area contributed by atoms with Gasteiger partial charge < -0.3 is 5.73 Å². The first kappa shape index (κ1) is 16.9. The van der Waals surface area contributed by atoms with Crippen LogP contribution in [0.3, 0.4) is 0 Å².